The van der Waals surface area contributed by atoms with Crippen molar-refractivity contribution >= 4 is 22.4 Å². The van der Waals surface area contributed by atoms with Gasteiger partial charge >= 0.3 is 0 Å². The Morgan fingerprint density at radius 1 is 0.880 bits per heavy atom. The summed E-state index contributed by atoms with van der Waals surface area (Å²) in [5, 5.41) is 10.9. The van der Waals surface area contributed by atoms with Crippen LogP contribution in [0.4, 0.5) is 11.4 Å². The van der Waals surface area contributed by atoms with Gasteiger partial charge in [0.25, 0.3) is 5.69 Å². The minimum atomic E-state index is -0.408. The second-order valence-corrected chi connectivity index (χ2v) is 5.54. The molecule has 6 heteroatoms. The Bertz CT molecular complexity index is 1040. The number of benzene rings is 3. The van der Waals surface area contributed by atoms with Gasteiger partial charge < -0.3 is 0 Å². The monoisotopic (exact) mass is 330 g/mol. The van der Waals surface area contributed by atoms with E-state index in [0.29, 0.717) is 5.82 Å². The fourth-order valence-corrected chi connectivity index (χ4v) is 2.71. The van der Waals surface area contributed by atoms with Gasteiger partial charge in [-0.2, -0.15) is 0 Å². The molecule has 0 amide bonds. The molecule has 0 spiro atoms. The van der Waals surface area contributed by atoms with Crippen LogP contribution in [0.25, 0.3) is 22.4 Å². The van der Waals surface area contributed by atoms with Crippen molar-refractivity contribution in [1.29, 1.82) is 0 Å². The summed E-state index contributed by atoms with van der Waals surface area (Å²) in [6.45, 7) is 0. The summed E-state index contributed by atoms with van der Waals surface area (Å²) in [6, 6.07) is 24.0. The molecule has 4 rings (SSSR count). The quantitative estimate of drug-likeness (QED) is 0.442. The Hall–Kier alpha value is -3.67. The molecule has 0 aliphatic rings. The Kier molecular flexibility index (Phi) is 3.63. The van der Waals surface area contributed by atoms with E-state index in [1.54, 1.807) is 12.1 Å². The molecule has 0 atom stereocenters. The van der Waals surface area contributed by atoms with Crippen LogP contribution in [-0.4, -0.2) is 14.6 Å². The van der Waals surface area contributed by atoms with E-state index in [9.17, 15) is 10.1 Å². The summed E-state index contributed by atoms with van der Waals surface area (Å²) in [5.74, 6) is 0.694. The van der Waals surface area contributed by atoms with Gasteiger partial charge in [0.15, 0.2) is 5.82 Å². The maximum atomic E-state index is 10.9. The maximum Gasteiger partial charge on any atom is 0.269 e. The van der Waals surface area contributed by atoms with Gasteiger partial charge in [0.05, 0.1) is 21.6 Å². The van der Waals surface area contributed by atoms with Crippen molar-refractivity contribution in [1.82, 2.24) is 9.66 Å². The van der Waals surface area contributed by atoms with Crippen molar-refractivity contribution in [3.8, 4) is 11.4 Å². The molecule has 0 unspecified atom stereocenters. The normalized spacial score (nSPS) is 10.7. The van der Waals surface area contributed by atoms with Gasteiger partial charge in [0, 0.05) is 17.7 Å². The van der Waals surface area contributed by atoms with Crippen molar-refractivity contribution < 1.29 is 4.92 Å². The highest BCUT2D eigenvalue weighted by Crippen LogP contribution is 2.26. The van der Waals surface area contributed by atoms with Crippen LogP contribution >= 0.6 is 0 Å². The van der Waals surface area contributed by atoms with Gasteiger partial charge in [0.1, 0.15) is 0 Å². The van der Waals surface area contributed by atoms with E-state index in [1.807, 2.05) is 59.3 Å². The van der Waals surface area contributed by atoms with Crippen LogP contribution in [-0.2, 0) is 0 Å². The molecule has 0 aliphatic heterocycles. The van der Waals surface area contributed by atoms with Crippen molar-refractivity contribution in [3.63, 3.8) is 0 Å². The molecule has 0 fully saturated rings. The van der Waals surface area contributed by atoms with Gasteiger partial charge in [-0.25, -0.2) is 9.66 Å². The van der Waals surface area contributed by atoms with Gasteiger partial charge in [-0.05, 0) is 36.4 Å². The number of nitrogens with one attached hydrogen (secondary N) is 1. The summed E-state index contributed by atoms with van der Waals surface area (Å²) in [6.07, 6.45) is 0. The molecule has 0 aliphatic carbocycles. The molecule has 1 N–H and O–H groups in total. The average molecular weight is 330 g/mol. The first-order chi connectivity index (χ1) is 12.2. The van der Waals surface area contributed by atoms with E-state index in [0.717, 1.165) is 22.3 Å². The van der Waals surface area contributed by atoms with Crippen LogP contribution in [0.2, 0.25) is 0 Å². The number of aromatic nitrogens is 2. The summed E-state index contributed by atoms with van der Waals surface area (Å²) >= 11 is 0. The van der Waals surface area contributed by atoms with Crippen LogP contribution in [0, 0.1) is 10.1 Å². The highest BCUT2D eigenvalue weighted by atomic mass is 16.6. The fraction of sp³-hybridized carbons (Fsp3) is 0. The number of nitro groups is 1. The van der Waals surface area contributed by atoms with Crippen LogP contribution in [0.5, 0.6) is 0 Å². The zero-order chi connectivity index (χ0) is 17.2. The number of nitro benzene ring substituents is 1. The number of non-ortho nitro benzene ring substituents is 1. The smallest absolute Gasteiger partial charge is 0.269 e. The molecule has 4 aromatic rings. The van der Waals surface area contributed by atoms with E-state index in [-0.39, 0.29) is 5.69 Å². The summed E-state index contributed by atoms with van der Waals surface area (Å²) in [7, 11) is 0. The molecule has 0 bridgehead atoms. The van der Waals surface area contributed by atoms with E-state index < -0.39 is 4.92 Å². The maximum absolute atomic E-state index is 10.9. The van der Waals surface area contributed by atoms with E-state index in [1.165, 1.54) is 12.1 Å². The first-order valence-corrected chi connectivity index (χ1v) is 7.77. The summed E-state index contributed by atoms with van der Waals surface area (Å²) < 4.78 is 1.89. The number of imidazole rings is 1. The lowest BCUT2D eigenvalue weighted by molar-refractivity contribution is -0.384. The minimum absolute atomic E-state index is 0.0578. The topological polar surface area (TPSA) is 73.0 Å². The number of para-hydroxylation sites is 3. The number of rotatable bonds is 4. The third-order valence-electron chi connectivity index (χ3n) is 3.91. The molecule has 0 saturated heterocycles. The average Bonchev–Trinajstić information content (AvgIpc) is 3.01. The highest BCUT2D eigenvalue weighted by Gasteiger charge is 2.14. The molecule has 1 aromatic heterocycles. The zero-order valence-electron chi connectivity index (χ0n) is 13.2. The third-order valence-corrected chi connectivity index (χ3v) is 3.91. The van der Waals surface area contributed by atoms with Crippen LogP contribution in [0.15, 0.2) is 78.9 Å². The Morgan fingerprint density at radius 2 is 1.56 bits per heavy atom. The van der Waals surface area contributed by atoms with E-state index in [4.69, 9.17) is 0 Å². The summed E-state index contributed by atoms with van der Waals surface area (Å²) in [5.41, 5.74) is 6.91. The molecular formula is C19H14N4O2. The Labute approximate surface area is 143 Å². The molecule has 0 radical (unpaired) electrons. The van der Waals surface area contributed by atoms with E-state index >= 15 is 0 Å². The number of hydrogen-bond acceptors (Lipinski definition) is 4. The number of hydrogen-bond donors (Lipinski definition) is 1. The number of fused-ring (bicyclic) bond motifs is 1. The van der Waals surface area contributed by atoms with E-state index in [2.05, 4.69) is 10.4 Å². The number of nitrogens with zero attached hydrogens (tertiary/aromatic N) is 3. The molecule has 1 heterocycles. The second-order valence-electron chi connectivity index (χ2n) is 5.54. The minimum Gasteiger partial charge on any atom is -0.292 e. The van der Waals surface area contributed by atoms with Gasteiger partial charge in [-0.1, -0.05) is 30.3 Å². The third kappa shape index (κ3) is 2.81. The highest BCUT2D eigenvalue weighted by molar-refractivity contribution is 5.81. The van der Waals surface area contributed by atoms with Crippen LogP contribution in [0.1, 0.15) is 0 Å². The zero-order valence-corrected chi connectivity index (χ0v) is 13.2. The standard InChI is InChI=1S/C19H14N4O2/c24-23(25)16-12-10-14(11-13-16)19-20-17-8-4-5-9-18(17)22(19)21-15-6-2-1-3-7-15/h1-13,21H. The lowest BCUT2D eigenvalue weighted by Gasteiger charge is -2.12. The van der Waals surface area contributed by atoms with Gasteiger partial charge in [-0.15, -0.1) is 0 Å². The first-order valence-electron chi connectivity index (χ1n) is 7.77. The molecular weight excluding hydrogens is 316 g/mol. The van der Waals surface area contributed by atoms with Crippen LogP contribution in [0.3, 0.4) is 0 Å². The summed E-state index contributed by atoms with van der Waals surface area (Å²) in [4.78, 5) is 15.1. The van der Waals surface area contributed by atoms with Gasteiger partial charge in [-0.3, -0.25) is 15.5 Å². The second kappa shape index (κ2) is 6.09. The Balaban J connectivity index is 1.85. The fourth-order valence-electron chi connectivity index (χ4n) is 2.71. The molecule has 6 nitrogen and oxygen atoms in total. The predicted octanol–water partition coefficient (Wildman–Crippen LogP) is 4.49. The first kappa shape index (κ1) is 14.9. The lowest BCUT2D eigenvalue weighted by Crippen LogP contribution is -2.10. The lowest BCUT2D eigenvalue weighted by atomic mass is 10.2. The number of anilines is 1. The van der Waals surface area contributed by atoms with Crippen LogP contribution < -0.4 is 5.43 Å². The molecule has 25 heavy (non-hydrogen) atoms. The SMILES string of the molecule is O=[N+]([O-])c1ccc(-c2nc3ccccc3n2Nc2ccccc2)cc1. The van der Waals surface area contributed by atoms with Crippen molar-refractivity contribution in [2.45, 2.75) is 0 Å². The largest absolute Gasteiger partial charge is 0.292 e. The molecule has 3 aromatic carbocycles. The van der Waals surface area contributed by atoms with Crippen molar-refractivity contribution in [2.24, 2.45) is 0 Å². The van der Waals surface area contributed by atoms with Gasteiger partial charge in [0.2, 0.25) is 0 Å². The molecule has 0 saturated carbocycles. The predicted molar refractivity (Wildman–Crippen MR) is 97.3 cm³/mol. The molecule has 122 valence electrons. The van der Waals surface area contributed by atoms with Crippen molar-refractivity contribution in [2.75, 3.05) is 5.43 Å². The Morgan fingerprint density at radius 3 is 2.28 bits per heavy atom. The van der Waals surface area contributed by atoms with Crippen molar-refractivity contribution in [3.05, 3.63) is 89.0 Å².